The number of ether oxygens (including phenoxy) is 1. The number of rotatable bonds is 4. The van der Waals surface area contributed by atoms with Crippen LogP contribution in [0.3, 0.4) is 0 Å². The number of hydrogen-bond donors (Lipinski definition) is 1. The lowest BCUT2D eigenvalue weighted by Crippen LogP contribution is -2.46. The van der Waals surface area contributed by atoms with Gasteiger partial charge >= 0.3 is 12.1 Å². The zero-order chi connectivity index (χ0) is 23.1. The summed E-state index contributed by atoms with van der Waals surface area (Å²) in [6.45, 7) is -0.0707. The van der Waals surface area contributed by atoms with E-state index in [0.29, 0.717) is 25.3 Å². The van der Waals surface area contributed by atoms with E-state index in [1.807, 2.05) is 0 Å². The molecule has 2 aromatic rings. The molecule has 2 fully saturated rings. The lowest BCUT2D eigenvalue weighted by molar-refractivity contribution is -0.187. The second kappa shape index (κ2) is 8.03. The highest BCUT2D eigenvalue weighted by molar-refractivity contribution is 5.94. The van der Waals surface area contributed by atoms with Crippen LogP contribution in [0.2, 0.25) is 0 Å². The first-order chi connectivity index (χ1) is 15.1. The Bertz CT molecular complexity index is 1030. The summed E-state index contributed by atoms with van der Waals surface area (Å²) in [5.41, 5.74) is -0.393. The Labute approximate surface area is 179 Å². The van der Waals surface area contributed by atoms with Crippen molar-refractivity contribution in [3.63, 3.8) is 0 Å². The van der Waals surface area contributed by atoms with Crippen LogP contribution in [0.4, 0.5) is 27.8 Å². The van der Waals surface area contributed by atoms with Gasteiger partial charge in [-0.3, -0.25) is 9.59 Å². The summed E-state index contributed by atoms with van der Waals surface area (Å²) >= 11 is 0. The van der Waals surface area contributed by atoms with Crippen molar-refractivity contribution in [3.05, 3.63) is 48.2 Å². The maximum Gasteiger partial charge on any atom is 0.471 e. The van der Waals surface area contributed by atoms with Gasteiger partial charge in [0.15, 0.2) is 11.6 Å². The van der Waals surface area contributed by atoms with Crippen LogP contribution in [-0.4, -0.2) is 41.0 Å². The molecule has 1 saturated heterocycles. The van der Waals surface area contributed by atoms with Crippen LogP contribution in [0, 0.1) is 23.0 Å². The standard InChI is InChI=1S/C21H18F5N3O3/c22-12-1-3-16(15(23)9-12)32-13-2-4-17(27-11-13)28-18(30)14-10-20(14)5-7-29(8-6-20)19(31)21(24,25)26/h1-4,9,11,14H,5-8,10H2,(H,27,28,30). The Morgan fingerprint density at radius 1 is 1.12 bits per heavy atom. The predicted octanol–water partition coefficient (Wildman–Crippen LogP) is 4.28. The lowest BCUT2D eigenvalue weighted by Gasteiger charge is -2.33. The number of amides is 2. The molecular weight excluding hydrogens is 437 g/mol. The van der Waals surface area contributed by atoms with Crippen LogP contribution >= 0.6 is 0 Å². The van der Waals surface area contributed by atoms with Gasteiger partial charge in [0, 0.05) is 25.1 Å². The fraction of sp³-hybridized carbons (Fsp3) is 0.381. The summed E-state index contributed by atoms with van der Waals surface area (Å²) in [6, 6.07) is 5.78. The average Bonchev–Trinajstić information content (AvgIpc) is 3.44. The Hall–Kier alpha value is -3.24. The third-order valence-electron chi connectivity index (χ3n) is 5.90. The van der Waals surface area contributed by atoms with Gasteiger partial charge in [-0.2, -0.15) is 13.2 Å². The van der Waals surface area contributed by atoms with Crippen LogP contribution < -0.4 is 10.1 Å². The van der Waals surface area contributed by atoms with Crippen LogP contribution in [0.5, 0.6) is 11.5 Å². The molecule has 2 amide bonds. The third-order valence-corrected chi connectivity index (χ3v) is 5.90. The third kappa shape index (κ3) is 4.51. The topological polar surface area (TPSA) is 71.5 Å². The van der Waals surface area contributed by atoms with E-state index in [0.717, 1.165) is 17.0 Å². The number of likely N-dealkylation sites (tertiary alicyclic amines) is 1. The fourth-order valence-electron chi connectivity index (χ4n) is 4.02. The van der Waals surface area contributed by atoms with Crippen molar-refractivity contribution in [3.8, 4) is 11.5 Å². The fourth-order valence-corrected chi connectivity index (χ4v) is 4.02. The number of carbonyl (C=O) groups excluding carboxylic acids is 2. The smallest absolute Gasteiger partial charge is 0.453 e. The van der Waals surface area contributed by atoms with Gasteiger partial charge in [-0.1, -0.05) is 0 Å². The maximum atomic E-state index is 13.7. The second-order valence-corrected chi connectivity index (χ2v) is 7.95. The highest BCUT2D eigenvalue weighted by atomic mass is 19.4. The van der Waals surface area contributed by atoms with Gasteiger partial charge in [0.1, 0.15) is 17.4 Å². The Kier molecular flexibility index (Phi) is 5.51. The predicted molar refractivity (Wildman–Crippen MR) is 102 cm³/mol. The number of benzene rings is 1. The second-order valence-electron chi connectivity index (χ2n) is 7.95. The molecule has 11 heteroatoms. The van der Waals surface area contributed by atoms with Crippen molar-refractivity contribution in [1.29, 1.82) is 0 Å². The van der Waals surface area contributed by atoms with Gasteiger partial charge in [-0.05, 0) is 48.9 Å². The molecule has 1 atom stereocenters. The Morgan fingerprint density at radius 2 is 1.84 bits per heavy atom. The number of nitrogens with one attached hydrogen (secondary N) is 1. The molecule has 6 nitrogen and oxygen atoms in total. The van der Waals surface area contributed by atoms with Gasteiger partial charge in [-0.25, -0.2) is 13.8 Å². The van der Waals surface area contributed by atoms with Crippen LogP contribution in [0.15, 0.2) is 36.5 Å². The van der Waals surface area contributed by atoms with E-state index in [9.17, 15) is 31.5 Å². The largest absolute Gasteiger partial charge is 0.471 e. The molecule has 0 radical (unpaired) electrons. The summed E-state index contributed by atoms with van der Waals surface area (Å²) in [6.07, 6.45) is -2.43. The van der Waals surface area contributed by atoms with Gasteiger partial charge in [0.25, 0.3) is 0 Å². The molecule has 32 heavy (non-hydrogen) atoms. The lowest BCUT2D eigenvalue weighted by atomic mass is 9.90. The zero-order valence-corrected chi connectivity index (χ0v) is 16.6. The number of aromatic nitrogens is 1. The van der Waals surface area contributed by atoms with E-state index in [1.54, 1.807) is 0 Å². The Morgan fingerprint density at radius 3 is 2.44 bits per heavy atom. The molecular formula is C21H18F5N3O3. The van der Waals surface area contributed by atoms with Crippen molar-refractivity contribution in [1.82, 2.24) is 9.88 Å². The molecule has 2 heterocycles. The summed E-state index contributed by atoms with van der Waals surface area (Å²) in [5, 5.41) is 2.65. The molecule has 1 aliphatic carbocycles. The summed E-state index contributed by atoms with van der Waals surface area (Å²) in [7, 11) is 0. The monoisotopic (exact) mass is 455 g/mol. The molecule has 1 unspecified atom stereocenters. The number of hydrogen-bond acceptors (Lipinski definition) is 4. The van der Waals surface area contributed by atoms with Crippen LogP contribution in [0.25, 0.3) is 0 Å². The highest BCUT2D eigenvalue weighted by Gasteiger charge is 2.59. The van der Waals surface area contributed by atoms with Crippen LogP contribution in [-0.2, 0) is 9.59 Å². The van der Waals surface area contributed by atoms with E-state index >= 15 is 0 Å². The van der Waals surface area contributed by atoms with E-state index < -0.39 is 29.1 Å². The summed E-state index contributed by atoms with van der Waals surface area (Å²) in [4.78, 5) is 28.7. The molecule has 4 rings (SSSR count). The summed E-state index contributed by atoms with van der Waals surface area (Å²) in [5.74, 6) is -3.89. The van der Waals surface area contributed by atoms with Crippen molar-refractivity contribution in [2.75, 3.05) is 18.4 Å². The minimum atomic E-state index is -4.89. The molecule has 2 aliphatic rings. The SMILES string of the molecule is O=C(Nc1ccc(Oc2ccc(F)cc2F)cn1)C1CC12CCN(C(=O)C(F)(F)F)CC2. The van der Waals surface area contributed by atoms with E-state index in [-0.39, 0.29) is 42.2 Å². The first kappa shape index (κ1) is 22.0. The number of nitrogens with zero attached hydrogens (tertiary/aromatic N) is 2. The number of halogens is 5. The zero-order valence-electron chi connectivity index (χ0n) is 16.6. The molecule has 1 aromatic heterocycles. The van der Waals surface area contributed by atoms with Crippen molar-refractivity contribution < 1.29 is 36.3 Å². The number of anilines is 1. The molecule has 1 N–H and O–H groups in total. The Balaban J connectivity index is 1.30. The van der Waals surface area contributed by atoms with Gasteiger partial charge in [0.2, 0.25) is 5.91 Å². The number of pyridine rings is 1. The van der Waals surface area contributed by atoms with E-state index in [1.165, 1.54) is 18.3 Å². The van der Waals surface area contributed by atoms with Crippen molar-refractivity contribution in [2.45, 2.75) is 25.4 Å². The van der Waals surface area contributed by atoms with Gasteiger partial charge in [0.05, 0.1) is 6.20 Å². The summed E-state index contributed by atoms with van der Waals surface area (Å²) < 4.78 is 69.6. The normalized spacial score (nSPS) is 19.5. The number of carbonyl (C=O) groups is 2. The molecule has 170 valence electrons. The first-order valence-corrected chi connectivity index (χ1v) is 9.83. The highest BCUT2D eigenvalue weighted by Crippen LogP contribution is 2.59. The maximum absolute atomic E-state index is 13.7. The number of alkyl halides is 3. The minimum Gasteiger partial charge on any atom is -0.453 e. The van der Waals surface area contributed by atoms with E-state index in [4.69, 9.17) is 4.74 Å². The quantitative estimate of drug-likeness (QED) is 0.699. The van der Waals surface area contributed by atoms with Gasteiger partial charge < -0.3 is 15.0 Å². The minimum absolute atomic E-state index is 0.0354. The van der Waals surface area contributed by atoms with Gasteiger partial charge in [-0.15, -0.1) is 0 Å². The molecule has 1 aromatic carbocycles. The molecule has 1 aliphatic heterocycles. The van der Waals surface area contributed by atoms with Crippen LogP contribution in [0.1, 0.15) is 19.3 Å². The average molecular weight is 455 g/mol. The molecule has 1 saturated carbocycles. The molecule has 1 spiro atoms. The number of piperidine rings is 1. The van der Waals surface area contributed by atoms with Crippen molar-refractivity contribution in [2.24, 2.45) is 11.3 Å². The first-order valence-electron chi connectivity index (χ1n) is 9.83. The van der Waals surface area contributed by atoms with E-state index in [2.05, 4.69) is 10.3 Å². The van der Waals surface area contributed by atoms with Crippen molar-refractivity contribution >= 4 is 17.6 Å². The molecule has 0 bridgehead atoms.